The van der Waals surface area contributed by atoms with Gasteiger partial charge in [0.2, 0.25) is 17.7 Å². The first-order valence-electron chi connectivity index (χ1n) is 9.53. The highest BCUT2D eigenvalue weighted by atomic mass is 16.5. The van der Waals surface area contributed by atoms with Crippen molar-refractivity contribution in [2.75, 3.05) is 11.9 Å². The normalized spacial score (nSPS) is 22.0. The number of nitrogens with one attached hydrogen (secondary N) is 1. The number of nitrogens with two attached hydrogens (primary N) is 1. The second-order valence-corrected chi connectivity index (χ2v) is 7.32. The molecule has 1 heterocycles. The van der Waals surface area contributed by atoms with Crippen LogP contribution in [0.2, 0.25) is 0 Å². The van der Waals surface area contributed by atoms with Crippen molar-refractivity contribution in [3.05, 3.63) is 29.8 Å². The van der Waals surface area contributed by atoms with Crippen molar-refractivity contribution in [2.24, 2.45) is 17.6 Å². The van der Waals surface area contributed by atoms with E-state index in [9.17, 15) is 24.0 Å². The molecule has 3 atom stereocenters. The van der Waals surface area contributed by atoms with E-state index in [-0.39, 0.29) is 23.7 Å². The van der Waals surface area contributed by atoms with E-state index >= 15 is 0 Å². The number of benzene rings is 1. The molecule has 9 heteroatoms. The Morgan fingerprint density at radius 2 is 1.66 bits per heavy atom. The minimum atomic E-state index is -1.13. The summed E-state index contributed by atoms with van der Waals surface area (Å²) in [6.07, 6.45) is 1.99. The minimum absolute atomic E-state index is 0.294. The van der Waals surface area contributed by atoms with Gasteiger partial charge in [-0.3, -0.25) is 28.9 Å². The topological polar surface area (TPSA) is 136 Å². The Kier molecular flexibility index (Phi) is 5.95. The van der Waals surface area contributed by atoms with Crippen LogP contribution in [0.5, 0.6) is 0 Å². The molecule has 29 heavy (non-hydrogen) atoms. The first-order chi connectivity index (χ1) is 13.8. The highest BCUT2D eigenvalue weighted by Crippen LogP contribution is 2.37. The van der Waals surface area contributed by atoms with Crippen molar-refractivity contribution in [3.8, 4) is 0 Å². The average molecular weight is 401 g/mol. The Morgan fingerprint density at radius 1 is 1.10 bits per heavy atom. The Morgan fingerprint density at radius 3 is 2.17 bits per heavy atom. The molecule has 0 spiro atoms. The summed E-state index contributed by atoms with van der Waals surface area (Å²) >= 11 is 0. The molecule has 1 aromatic rings. The van der Waals surface area contributed by atoms with E-state index in [0.29, 0.717) is 24.1 Å². The lowest BCUT2D eigenvalue weighted by Crippen LogP contribution is -2.39. The SMILES string of the molecule is C[C@@H](OC(=O)CN1C(=O)[C@H]2CCCC[C@@H]2C1=O)C(=O)Nc1ccc(C(N)=O)cc1. The van der Waals surface area contributed by atoms with Gasteiger partial charge in [0, 0.05) is 11.3 Å². The second kappa shape index (κ2) is 8.42. The van der Waals surface area contributed by atoms with Crippen LogP contribution in [0, 0.1) is 11.8 Å². The first-order valence-corrected chi connectivity index (χ1v) is 9.53. The summed E-state index contributed by atoms with van der Waals surface area (Å²) in [6, 6.07) is 5.91. The first kappa shape index (κ1) is 20.5. The summed E-state index contributed by atoms with van der Waals surface area (Å²) in [5.41, 5.74) is 5.85. The number of rotatable bonds is 6. The zero-order valence-electron chi connectivity index (χ0n) is 16.1. The van der Waals surface area contributed by atoms with E-state index in [1.165, 1.54) is 31.2 Å². The Labute approximate surface area is 167 Å². The van der Waals surface area contributed by atoms with Gasteiger partial charge in [-0.25, -0.2) is 0 Å². The molecule has 4 amide bonds. The number of nitrogens with zero attached hydrogens (tertiary/aromatic N) is 1. The molecule has 154 valence electrons. The third-order valence-corrected chi connectivity index (χ3v) is 5.33. The number of primary amides is 1. The summed E-state index contributed by atoms with van der Waals surface area (Å²) in [5.74, 6) is -3.33. The van der Waals surface area contributed by atoms with E-state index in [1.807, 2.05) is 0 Å². The van der Waals surface area contributed by atoms with Gasteiger partial charge in [0.1, 0.15) is 6.54 Å². The van der Waals surface area contributed by atoms with Crippen LogP contribution in [0.25, 0.3) is 0 Å². The lowest BCUT2D eigenvalue weighted by Gasteiger charge is -2.19. The summed E-state index contributed by atoms with van der Waals surface area (Å²) in [6.45, 7) is 0.897. The molecule has 3 rings (SSSR count). The van der Waals surface area contributed by atoms with Crippen molar-refractivity contribution in [1.29, 1.82) is 0 Å². The molecule has 0 unspecified atom stereocenters. The number of likely N-dealkylation sites (tertiary alicyclic amines) is 1. The van der Waals surface area contributed by atoms with Crippen LogP contribution < -0.4 is 11.1 Å². The zero-order chi connectivity index (χ0) is 21.1. The van der Waals surface area contributed by atoms with Gasteiger partial charge in [-0.2, -0.15) is 0 Å². The number of fused-ring (bicyclic) bond motifs is 1. The summed E-state index contributed by atoms with van der Waals surface area (Å²) < 4.78 is 5.09. The third-order valence-electron chi connectivity index (χ3n) is 5.33. The summed E-state index contributed by atoms with van der Waals surface area (Å²) in [7, 11) is 0. The molecule has 0 aromatic heterocycles. The Balaban J connectivity index is 1.53. The predicted molar refractivity (Wildman–Crippen MR) is 101 cm³/mol. The fraction of sp³-hybridized carbons (Fsp3) is 0.450. The van der Waals surface area contributed by atoms with E-state index in [0.717, 1.165) is 17.7 Å². The number of imide groups is 1. The number of hydrogen-bond acceptors (Lipinski definition) is 6. The zero-order valence-corrected chi connectivity index (χ0v) is 16.1. The fourth-order valence-electron chi connectivity index (χ4n) is 3.77. The number of amides is 4. The maximum atomic E-state index is 12.4. The molecule has 1 saturated heterocycles. The molecule has 1 aliphatic carbocycles. The number of anilines is 1. The van der Waals surface area contributed by atoms with Crippen molar-refractivity contribution in [1.82, 2.24) is 4.90 Å². The Hall–Kier alpha value is -3.23. The van der Waals surface area contributed by atoms with Gasteiger partial charge < -0.3 is 15.8 Å². The molecular formula is C20H23N3O6. The maximum absolute atomic E-state index is 12.4. The molecular weight excluding hydrogens is 378 g/mol. The van der Waals surface area contributed by atoms with Gasteiger partial charge in [0.05, 0.1) is 11.8 Å². The predicted octanol–water partition coefficient (Wildman–Crippen LogP) is 0.831. The van der Waals surface area contributed by atoms with Crippen LogP contribution in [-0.2, 0) is 23.9 Å². The van der Waals surface area contributed by atoms with Crippen LogP contribution >= 0.6 is 0 Å². The van der Waals surface area contributed by atoms with Crippen molar-refractivity contribution in [2.45, 2.75) is 38.7 Å². The van der Waals surface area contributed by atoms with E-state index < -0.39 is 30.4 Å². The van der Waals surface area contributed by atoms with E-state index in [4.69, 9.17) is 10.5 Å². The standard InChI is InChI=1S/C20H23N3O6/c1-11(18(26)22-13-8-6-12(7-9-13)17(21)25)29-16(24)10-23-19(27)14-4-2-3-5-15(14)20(23)28/h6-9,11,14-15H,2-5,10H2,1H3,(H2,21,25)(H,22,26)/t11-,14+,15+/m1/s1. The maximum Gasteiger partial charge on any atom is 0.326 e. The molecule has 0 radical (unpaired) electrons. The van der Waals surface area contributed by atoms with Crippen LogP contribution in [0.3, 0.4) is 0 Å². The molecule has 0 bridgehead atoms. The lowest BCUT2D eigenvalue weighted by molar-refractivity contribution is -0.158. The smallest absolute Gasteiger partial charge is 0.326 e. The van der Waals surface area contributed by atoms with Crippen LogP contribution in [0.15, 0.2) is 24.3 Å². The van der Waals surface area contributed by atoms with Crippen molar-refractivity contribution >= 4 is 35.3 Å². The molecule has 3 N–H and O–H groups in total. The lowest BCUT2D eigenvalue weighted by atomic mass is 9.81. The molecule has 2 fully saturated rings. The van der Waals surface area contributed by atoms with Gasteiger partial charge in [-0.05, 0) is 44.0 Å². The van der Waals surface area contributed by atoms with E-state index in [1.54, 1.807) is 0 Å². The number of esters is 1. The van der Waals surface area contributed by atoms with Gasteiger partial charge in [0.25, 0.3) is 5.91 Å². The minimum Gasteiger partial charge on any atom is -0.451 e. The van der Waals surface area contributed by atoms with Gasteiger partial charge in [-0.15, -0.1) is 0 Å². The van der Waals surface area contributed by atoms with Gasteiger partial charge in [-0.1, -0.05) is 12.8 Å². The number of ether oxygens (including phenoxy) is 1. The number of carbonyl (C=O) groups is 5. The van der Waals surface area contributed by atoms with Gasteiger partial charge in [0.15, 0.2) is 6.10 Å². The number of carbonyl (C=O) groups excluding carboxylic acids is 5. The molecule has 2 aliphatic rings. The average Bonchev–Trinajstić information content (AvgIpc) is 2.93. The highest BCUT2D eigenvalue weighted by molar-refractivity contribution is 6.07. The quantitative estimate of drug-likeness (QED) is 0.535. The van der Waals surface area contributed by atoms with Crippen LogP contribution in [0.1, 0.15) is 43.0 Å². The largest absolute Gasteiger partial charge is 0.451 e. The summed E-state index contributed by atoms with van der Waals surface area (Å²) in [4.78, 5) is 61.2. The number of hydrogen-bond donors (Lipinski definition) is 2. The van der Waals surface area contributed by atoms with Crippen LogP contribution in [0.4, 0.5) is 5.69 Å². The van der Waals surface area contributed by atoms with Crippen molar-refractivity contribution < 1.29 is 28.7 Å². The second-order valence-electron chi connectivity index (χ2n) is 7.32. The van der Waals surface area contributed by atoms with E-state index in [2.05, 4.69) is 5.32 Å². The molecule has 1 saturated carbocycles. The molecule has 1 aliphatic heterocycles. The van der Waals surface area contributed by atoms with Crippen molar-refractivity contribution in [3.63, 3.8) is 0 Å². The Bertz CT molecular complexity index is 826. The monoisotopic (exact) mass is 401 g/mol. The highest BCUT2D eigenvalue weighted by Gasteiger charge is 2.48. The molecule has 1 aromatic carbocycles. The molecule has 9 nitrogen and oxygen atoms in total. The summed E-state index contributed by atoms with van der Waals surface area (Å²) in [5, 5.41) is 2.55. The van der Waals surface area contributed by atoms with Crippen LogP contribution in [-0.4, -0.2) is 47.1 Å². The fourth-order valence-corrected chi connectivity index (χ4v) is 3.77. The van der Waals surface area contributed by atoms with Gasteiger partial charge >= 0.3 is 5.97 Å². The third kappa shape index (κ3) is 4.44.